The Labute approximate surface area is 107 Å². The van der Waals surface area contributed by atoms with E-state index in [0.29, 0.717) is 12.3 Å². The van der Waals surface area contributed by atoms with Crippen LogP contribution in [0.25, 0.3) is 0 Å². The lowest BCUT2D eigenvalue weighted by Gasteiger charge is -2.23. The zero-order valence-corrected chi connectivity index (χ0v) is 11.1. The first-order chi connectivity index (χ1) is 8.65. The number of Topliss-reactive ketones (excluding diaryl/α,β-unsaturated/α-hetero) is 1. The van der Waals surface area contributed by atoms with Crippen LogP contribution in [0.15, 0.2) is 0 Å². The van der Waals surface area contributed by atoms with Crippen LogP contribution in [0, 0.1) is 12.8 Å². The summed E-state index contributed by atoms with van der Waals surface area (Å²) in [6, 6.07) is 0. The molecule has 1 fully saturated rings. The van der Waals surface area contributed by atoms with Crippen LogP contribution < -0.4 is 4.90 Å². The Bertz CT molecular complexity index is 492. The molecule has 2 heterocycles. The highest BCUT2D eigenvalue weighted by Crippen LogP contribution is 2.28. The highest BCUT2D eigenvalue weighted by molar-refractivity contribution is 5.99. The van der Waals surface area contributed by atoms with E-state index in [1.165, 1.54) is 12.8 Å². The summed E-state index contributed by atoms with van der Waals surface area (Å²) in [6.07, 6.45) is 3.98. The first kappa shape index (κ1) is 11.6. The van der Waals surface area contributed by atoms with Crippen LogP contribution in [-0.4, -0.2) is 28.8 Å². The van der Waals surface area contributed by atoms with Gasteiger partial charge in [0.05, 0.1) is 17.0 Å². The Morgan fingerprint density at radius 2 is 1.89 bits per heavy atom. The topological polar surface area (TPSA) is 46.1 Å². The number of carbonyl (C=O) groups excluding carboxylic acids is 1. The lowest BCUT2D eigenvalue weighted by Crippen LogP contribution is -2.26. The van der Waals surface area contributed by atoms with Crippen LogP contribution in [0.3, 0.4) is 0 Å². The van der Waals surface area contributed by atoms with Crippen molar-refractivity contribution < 1.29 is 4.79 Å². The molecule has 0 bridgehead atoms. The minimum atomic E-state index is 0.217. The molecule has 0 spiro atoms. The maximum atomic E-state index is 12.1. The fourth-order valence-electron chi connectivity index (χ4n) is 3.01. The molecule has 4 heteroatoms. The monoisotopic (exact) mass is 245 g/mol. The molecule has 1 aromatic rings. The number of fused-ring (bicyclic) bond motifs is 1. The molecular formula is C14H19N3O. The standard InChI is InChI=1S/C14H19N3O/c1-9-7-11-13(12(18)8-9)10(2)15-14(16-11)17-5-3-4-6-17/h9H,3-8H2,1-2H3/t9-/m0/s1. The summed E-state index contributed by atoms with van der Waals surface area (Å²) in [6.45, 7) is 6.14. The Hall–Kier alpha value is -1.45. The molecule has 1 aliphatic carbocycles. The van der Waals surface area contributed by atoms with Gasteiger partial charge in [-0.15, -0.1) is 0 Å². The van der Waals surface area contributed by atoms with Gasteiger partial charge >= 0.3 is 0 Å². The molecule has 2 aliphatic rings. The fraction of sp³-hybridized carbons (Fsp3) is 0.643. The summed E-state index contributed by atoms with van der Waals surface area (Å²) in [5.41, 5.74) is 2.61. The average molecular weight is 245 g/mol. The molecule has 3 rings (SSSR count). The van der Waals surface area contributed by atoms with Gasteiger partial charge in [0, 0.05) is 19.5 Å². The van der Waals surface area contributed by atoms with E-state index >= 15 is 0 Å². The molecule has 0 saturated carbocycles. The lowest BCUT2D eigenvalue weighted by molar-refractivity contribution is 0.0951. The molecule has 1 saturated heterocycles. The molecule has 1 aromatic heterocycles. The maximum absolute atomic E-state index is 12.1. The summed E-state index contributed by atoms with van der Waals surface area (Å²) in [7, 11) is 0. The normalized spacial score (nSPS) is 23.3. The van der Waals surface area contributed by atoms with Crippen LogP contribution in [0.1, 0.15) is 47.9 Å². The Balaban J connectivity index is 2.03. The van der Waals surface area contributed by atoms with Crippen LogP contribution >= 0.6 is 0 Å². The predicted octanol–water partition coefficient (Wildman–Crippen LogP) is 2.15. The van der Waals surface area contributed by atoms with Gasteiger partial charge in [0.1, 0.15) is 0 Å². The number of ketones is 1. The molecule has 18 heavy (non-hydrogen) atoms. The molecule has 0 N–H and O–H groups in total. The smallest absolute Gasteiger partial charge is 0.225 e. The second-order valence-corrected chi connectivity index (χ2v) is 5.56. The van der Waals surface area contributed by atoms with E-state index in [2.05, 4.69) is 21.8 Å². The molecule has 4 nitrogen and oxygen atoms in total. The van der Waals surface area contributed by atoms with E-state index in [9.17, 15) is 4.79 Å². The molecule has 1 aliphatic heterocycles. The Morgan fingerprint density at radius 1 is 1.17 bits per heavy atom. The summed E-state index contributed by atoms with van der Waals surface area (Å²) in [5, 5.41) is 0. The van der Waals surface area contributed by atoms with E-state index in [-0.39, 0.29) is 5.78 Å². The quantitative estimate of drug-likeness (QED) is 0.760. The Kier molecular flexibility index (Phi) is 2.80. The van der Waals surface area contributed by atoms with E-state index in [0.717, 1.165) is 42.4 Å². The zero-order valence-electron chi connectivity index (χ0n) is 11.1. The minimum absolute atomic E-state index is 0.217. The number of aromatic nitrogens is 2. The minimum Gasteiger partial charge on any atom is -0.341 e. The van der Waals surface area contributed by atoms with Crippen molar-refractivity contribution in [2.75, 3.05) is 18.0 Å². The molecule has 0 radical (unpaired) electrons. The molecular weight excluding hydrogens is 226 g/mol. The number of aryl methyl sites for hydroxylation is 1. The number of anilines is 1. The number of rotatable bonds is 1. The first-order valence-electron chi connectivity index (χ1n) is 6.81. The van der Waals surface area contributed by atoms with Gasteiger partial charge in [0.2, 0.25) is 5.95 Å². The third-order valence-electron chi connectivity index (χ3n) is 3.90. The third kappa shape index (κ3) is 1.89. The van der Waals surface area contributed by atoms with E-state index in [4.69, 9.17) is 0 Å². The van der Waals surface area contributed by atoms with Crippen molar-refractivity contribution in [3.05, 3.63) is 17.0 Å². The molecule has 0 unspecified atom stereocenters. The van der Waals surface area contributed by atoms with Crippen molar-refractivity contribution >= 4 is 11.7 Å². The van der Waals surface area contributed by atoms with E-state index in [1.807, 2.05) is 6.92 Å². The van der Waals surface area contributed by atoms with Gasteiger partial charge in [0.15, 0.2) is 5.78 Å². The van der Waals surface area contributed by atoms with Crippen LogP contribution in [0.2, 0.25) is 0 Å². The Morgan fingerprint density at radius 3 is 2.61 bits per heavy atom. The summed E-state index contributed by atoms with van der Waals surface area (Å²) >= 11 is 0. The van der Waals surface area contributed by atoms with Gasteiger partial charge in [-0.05, 0) is 32.1 Å². The van der Waals surface area contributed by atoms with Gasteiger partial charge in [-0.1, -0.05) is 6.92 Å². The van der Waals surface area contributed by atoms with Crippen LogP contribution in [0.5, 0.6) is 0 Å². The summed E-state index contributed by atoms with van der Waals surface area (Å²) < 4.78 is 0. The zero-order chi connectivity index (χ0) is 12.7. The predicted molar refractivity (Wildman–Crippen MR) is 70.0 cm³/mol. The molecule has 0 aromatic carbocycles. The van der Waals surface area contributed by atoms with Crippen LogP contribution in [-0.2, 0) is 6.42 Å². The first-order valence-corrected chi connectivity index (χ1v) is 6.81. The lowest BCUT2D eigenvalue weighted by atomic mass is 9.86. The van der Waals surface area contributed by atoms with Gasteiger partial charge in [0.25, 0.3) is 0 Å². The van der Waals surface area contributed by atoms with Gasteiger partial charge in [-0.3, -0.25) is 4.79 Å². The molecule has 96 valence electrons. The van der Waals surface area contributed by atoms with Crippen molar-refractivity contribution in [1.82, 2.24) is 9.97 Å². The molecule has 1 atom stereocenters. The molecule has 0 amide bonds. The van der Waals surface area contributed by atoms with E-state index in [1.54, 1.807) is 0 Å². The van der Waals surface area contributed by atoms with Crippen molar-refractivity contribution in [1.29, 1.82) is 0 Å². The highest BCUT2D eigenvalue weighted by atomic mass is 16.1. The van der Waals surface area contributed by atoms with Crippen LogP contribution in [0.4, 0.5) is 5.95 Å². The highest BCUT2D eigenvalue weighted by Gasteiger charge is 2.27. The van der Waals surface area contributed by atoms with E-state index < -0.39 is 0 Å². The average Bonchev–Trinajstić information content (AvgIpc) is 2.80. The maximum Gasteiger partial charge on any atom is 0.225 e. The number of hydrogen-bond donors (Lipinski definition) is 0. The summed E-state index contributed by atoms with van der Waals surface area (Å²) in [5.74, 6) is 1.45. The largest absolute Gasteiger partial charge is 0.341 e. The number of nitrogens with zero attached hydrogens (tertiary/aromatic N) is 3. The van der Waals surface area contributed by atoms with Gasteiger partial charge in [-0.2, -0.15) is 0 Å². The number of carbonyl (C=O) groups is 1. The fourth-order valence-corrected chi connectivity index (χ4v) is 3.01. The van der Waals surface area contributed by atoms with Gasteiger partial charge < -0.3 is 4.90 Å². The third-order valence-corrected chi connectivity index (χ3v) is 3.90. The van der Waals surface area contributed by atoms with Gasteiger partial charge in [-0.25, -0.2) is 9.97 Å². The second kappa shape index (κ2) is 4.34. The van der Waals surface area contributed by atoms with Crippen molar-refractivity contribution in [3.8, 4) is 0 Å². The van der Waals surface area contributed by atoms with Crippen molar-refractivity contribution in [3.63, 3.8) is 0 Å². The van der Waals surface area contributed by atoms with Crippen molar-refractivity contribution in [2.45, 2.75) is 39.5 Å². The number of hydrogen-bond acceptors (Lipinski definition) is 4. The SMILES string of the molecule is Cc1nc(N2CCCC2)nc2c1C(=O)C[C@@H](C)C2. The van der Waals surface area contributed by atoms with Crippen molar-refractivity contribution in [2.24, 2.45) is 5.92 Å². The second-order valence-electron chi connectivity index (χ2n) is 5.56. The summed E-state index contributed by atoms with van der Waals surface area (Å²) in [4.78, 5) is 23.5.